The molecule has 2 unspecified atom stereocenters. The number of benzene rings is 1. The molecule has 0 fully saturated rings. The minimum atomic E-state index is -0.403. The van der Waals surface area contributed by atoms with Crippen LogP contribution < -0.4 is 4.74 Å². The molecule has 0 N–H and O–H groups in total. The molecule has 0 bridgehead atoms. The second-order valence-corrected chi connectivity index (χ2v) is 5.53. The third-order valence-corrected chi connectivity index (χ3v) is 3.64. The van der Waals surface area contributed by atoms with E-state index in [9.17, 15) is 4.79 Å². The van der Waals surface area contributed by atoms with E-state index >= 15 is 0 Å². The van der Waals surface area contributed by atoms with E-state index in [0.717, 1.165) is 12.2 Å². The predicted molar refractivity (Wildman–Crippen MR) is 86.1 cm³/mol. The van der Waals surface area contributed by atoms with Gasteiger partial charge in [-0.3, -0.25) is 4.79 Å². The molecule has 0 aliphatic heterocycles. The quantitative estimate of drug-likeness (QED) is 0.465. The Morgan fingerprint density at radius 3 is 2.33 bits per heavy atom. The van der Waals surface area contributed by atoms with E-state index in [-0.39, 0.29) is 11.9 Å². The highest BCUT2D eigenvalue weighted by Crippen LogP contribution is 2.16. The number of unbranched alkanes of at least 4 members (excludes halogenated alkanes) is 3. The number of carbonyl (C=O) groups excluding carboxylic acids is 1. The third-order valence-electron chi connectivity index (χ3n) is 3.64. The van der Waals surface area contributed by atoms with Crippen molar-refractivity contribution in [2.75, 3.05) is 7.11 Å². The lowest BCUT2D eigenvalue weighted by Crippen LogP contribution is -2.25. The van der Waals surface area contributed by atoms with E-state index in [1.165, 1.54) is 25.7 Å². The van der Waals surface area contributed by atoms with E-state index < -0.39 is 6.10 Å². The molecule has 1 rings (SSSR count). The number of Topliss-reactive ketones (excluding diaryl/α,β-unsaturated/α-hetero) is 1. The van der Waals surface area contributed by atoms with Gasteiger partial charge in [-0.1, -0.05) is 32.6 Å². The Balaban J connectivity index is 2.42. The summed E-state index contributed by atoms with van der Waals surface area (Å²) in [6.45, 7) is 6.08. The highest BCUT2D eigenvalue weighted by Gasteiger charge is 2.18. The molecule has 3 heteroatoms. The molecule has 118 valence electrons. The topological polar surface area (TPSA) is 35.5 Å². The van der Waals surface area contributed by atoms with Crippen molar-refractivity contribution in [2.45, 2.75) is 65.1 Å². The summed E-state index contributed by atoms with van der Waals surface area (Å²) >= 11 is 0. The van der Waals surface area contributed by atoms with E-state index in [1.54, 1.807) is 31.4 Å². The molecule has 3 nitrogen and oxygen atoms in total. The summed E-state index contributed by atoms with van der Waals surface area (Å²) in [5, 5.41) is 0. The van der Waals surface area contributed by atoms with Crippen LogP contribution in [0.3, 0.4) is 0 Å². The van der Waals surface area contributed by atoms with Crippen molar-refractivity contribution in [1.29, 1.82) is 0 Å². The molecule has 0 radical (unpaired) electrons. The predicted octanol–water partition coefficient (Wildman–Crippen LogP) is 4.64. The van der Waals surface area contributed by atoms with Crippen LogP contribution in [-0.4, -0.2) is 25.1 Å². The average molecular weight is 292 g/mol. The van der Waals surface area contributed by atoms with Crippen molar-refractivity contribution < 1.29 is 14.3 Å². The standard InChI is InChI=1S/C18H28O3/c1-5-6-7-8-9-14(2)21-15(3)18(19)16-10-12-17(20-4)13-11-16/h10-15H,5-9H2,1-4H3. The van der Waals surface area contributed by atoms with Gasteiger partial charge in [0, 0.05) is 5.56 Å². The van der Waals surface area contributed by atoms with E-state index in [2.05, 4.69) is 6.92 Å². The lowest BCUT2D eigenvalue weighted by Gasteiger charge is -2.18. The van der Waals surface area contributed by atoms with Gasteiger partial charge in [0.2, 0.25) is 0 Å². The fourth-order valence-electron chi connectivity index (χ4n) is 2.33. The highest BCUT2D eigenvalue weighted by atomic mass is 16.5. The summed E-state index contributed by atoms with van der Waals surface area (Å²) in [5.41, 5.74) is 0.668. The monoisotopic (exact) mass is 292 g/mol. The van der Waals surface area contributed by atoms with Crippen molar-refractivity contribution in [1.82, 2.24) is 0 Å². The van der Waals surface area contributed by atoms with Gasteiger partial charge in [-0.15, -0.1) is 0 Å². The van der Waals surface area contributed by atoms with Gasteiger partial charge in [0.05, 0.1) is 13.2 Å². The molecular formula is C18H28O3. The van der Waals surface area contributed by atoms with Crippen molar-refractivity contribution in [3.63, 3.8) is 0 Å². The zero-order valence-electron chi connectivity index (χ0n) is 13.7. The van der Waals surface area contributed by atoms with Crippen LogP contribution in [0.15, 0.2) is 24.3 Å². The van der Waals surface area contributed by atoms with Crippen LogP contribution in [0.5, 0.6) is 5.75 Å². The third kappa shape index (κ3) is 6.30. The number of ketones is 1. The first-order valence-corrected chi connectivity index (χ1v) is 7.92. The molecule has 1 aromatic carbocycles. The normalized spacial score (nSPS) is 13.7. The molecule has 0 aliphatic rings. The van der Waals surface area contributed by atoms with E-state index in [1.807, 2.05) is 13.8 Å². The van der Waals surface area contributed by atoms with Crippen molar-refractivity contribution in [3.05, 3.63) is 29.8 Å². The first kappa shape index (κ1) is 17.7. The summed E-state index contributed by atoms with van der Waals surface area (Å²) < 4.78 is 10.9. The number of hydrogen-bond donors (Lipinski definition) is 0. The minimum absolute atomic E-state index is 0.0260. The van der Waals surface area contributed by atoms with E-state index in [4.69, 9.17) is 9.47 Å². The molecule has 0 spiro atoms. The van der Waals surface area contributed by atoms with E-state index in [0.29, 0.717) is 5.56 Å². The molecule has 0 amide bonds. The van der Waals surface area contributed by atoms with Crippen molar-refractivity contribution in [2.24, 2.45) is 0 Å². The Hall–Kier alpha value is -1.35. The molecule has 0 saturated carbocycles. The van der Waals surface area contributed by atoms with Crippen LogP contribution in [0.2, 0.25) is 0 Å². The van der Waals surface area contributed by atoms with Crippen LogP contribution in [0.4, 0.5) is 0 Å². The summed E-state index contributed by atoms with van der Waals surface area (Å²) in [6, 6.07) is 7.17. The maximum atomic E-state index is 12.3. The zero-order chi connectivity index (χ0) is 15.7. The summed E-state index contributed by atoms with van der Waals surface area (Å²) in [6.07, 6.45) is 5.65. The van der Waals surface area contributed by atoms with Crippen molar-refractivity contribution in [3.8, 4) is 5.75 Å². The molecule has 0 aliphatic carbocycles. The molecular weight excluding hydrogens is 264 g/mol. The van der Waals surface area contributed by atoms with Crippen LogP contribution in [0.1, 0.15) is 63.2 Å². The van der Waals surface area contributed by atoms with Gasteiger partial charge >= 0.3 is 0 Å². The van der Waals surface area contributed by atoms with Crippen LogP contribution in [0, 0.1) is 0 Å². The van der Waals surface area contributed by atoms with Crippen LogP contribution >= 0.6 is 0 Å². The summed E-state index contributed by atoms with van der Waals surface area (Å²) in [4.78, 5) is 12.3. The number of rotatable bonds is 10. The van der Waals surface area contributed by atoms with Gasteiger partial charge in [0.25, 0.3) is 0 Å². The van der Waals surface area contributed by atoms with Crippen molar-refractivity contribution >= 4 is 5.78 Å². The number of hydrogen-bond acceptors (Lipinski definition) is 3. The molecule has 1 aromatic rings. The van der Waals surface area contributed by atoms with Gasteiger partial charge in [0.15, 0.2) is 5.78 Å². The van der Waals surface area contributed by atoms with Crippen LogP contribution in [-0.2, 0) is 4.74 Å². The second kappa shape index (κ2) is 9.56. The molecule has 0 aromatic heterocycles. The average Bonchev–Trinajstić information content (AvgIpc) is 2.51. The number of carbonyl (C=O) groups is 1. The molecule has 21 heavy (non-hydrogen) atoms. The number of ether oxygens (including phenoxy) is 2. The van der Waals surface area contributed by atoms with Crippen LogP contribution in [0.25, 0.3) is 0 Å². The lowest BCUT2D eigenvalue weighted by atomic mass is 10.1. The van der Waals surface area contributed by atoms with Gasteiger partial charge in [-0.25, -0.2) is 0 Å². The minimum Gasteiger partial charge on any atom is -0.497 e. The molecule has 0 saturated heterocycles. The van der Waals surface area contributed by atoms with Gasteiger partial charge in [-0.05, 0) is 44.5 Å². The lowest BCUT2D eigenvalue weighted by molar-refractivity contribution is 0.00833. The Kier molecular flexibility index (Phi) is 8.06. The maximum absolute atomic E-state index is 12.3. The maximum Gasteiger partial charge on any atom is 0.191 e. The molecule has 2 atom stereocenters. The Labute approximate surface area is 128 Å². The summed E-state index contributed by atoms with van der Waals surface area (Å²) in [7, 11) is 1.61. The van der Waals surface area contributed by atoms with Gasteiger partial charge in [-0.2, -0.15) is 0 Å². The fourth-order valence-corrected chi connectivity index (χ4v) is 2.33. The highest BCUT2D eigenvalue weighted by molar-refractivity contribution is 5.99. The first-order chi connectivity index (χ1) is 10.1. The second-order valence-electron chi connectivity index (χ2n) is 5.53. The first-order valence-electron chi connectivity index (χ1n) is 7.92. The Morgan fingerprint density at radius 2 is 1.76 bits per heavy atom. The Morgan fingerprint density at radius 1 is 1.10 bits per heavy atom. The summed E-state index contributed by atoms with van der Waals surface area (Å²) in [5.74, 6) is 0.780. The molecule has 0 heterocycles. The fraction of sp³-hybridized carbons (Fsp3) is 0.611. The zero-order valence-corrected chi connectivity index (χ0v) is 13.7. The largest absolute Gasteiger partial charge is 0.497 e. The SMILES string of the molecule is CCCCCCC(C)OC(C)C(=O)c1ccc(OC)cc1. The van der Waals surface area contributed by atoms with Gasteiger partial charge in [0.1, 0.15) is 11.9 Å². The Bertz CT molecular complexity index is 411. The number of methoxy groups -OCH3 is 1. The van der Waals surface area contributed by atoms with Gasteiger partial charge < -0.3 is 9.47 Å². The smallest absolute Gasteiger partial charge is 0.191 e.